The van der Waals surface area contributed by atoms with Crippen molar-refractivity contribution in [2.45, 2.75) is 32.7 Å². The van der Waals surface area contributed by atoms with Crippen LogP contribution >= 0.6 is 0 Å². The number of hydrogen-bond donors (Lipinski definition) is 2. The maximum absolute atomic E-state index is 12.9. The van der Waals surface area contributed by atoms with Gasteiger partial charge in [-0.2, -0.15) is 0 Å². The van der Waals surface area contributed by atoms with Gasteiger partial charge in [0.2, 0.25) is 11.8 Å². The first-order chi connectivity index (χ1) is 12.5. The van der Waals surface area contributed by atoms with Crippen molar-refractivity contribution in [2.75, 3.05) is 44.6 Å². The Balaban J connectivity index is 1.68. The van der Waals surface area contributed by atoms with Gasteiger partial charge in [0.25, 0.3) is 0 Å². The number of benzene rings is 1. The average molecular weight is 364 g/mol. The van der Waals surface area contributed by atoms with E-state index in [4.69, 9.17) is 0 Å². The van der Waals surface area contributed by atoms with Crippen LogP contribution in [0, 0.1) is 5.82 Å². The summed E-state index contributed by atoms with van der Waals surface area (Å²) in [7, 11) is 0. The number of nitrogens with zero attached hydrogens (tertiary/aromatic N) is 2. The fraction of sp³-hybridized carbons (Fsp3) is 0.579. The molecule has 6 nitrogen and oxygen atoms in total. The molecule has 1 fully saturated rings. The highest BCUT2D eigenvalue weighted by atomic mass is 19.1. The monoisotopic (exact) mass is 364 g/mol. The minimum Gasteiger partial charge on any atom is -0.352 e. The van der Waals surface area contributed by atoms with Gasteiger partial charge < -0.3 is 10.6 Å². The molecule has 1 saturated heterocycles. The lowest BCUT2D eigenvalue weighted by molar-refractivity contribution is -0.124. The normalized spacial score (nSPS) is 15.8. The van der Waals surface area contributed by atoms with E-state index in [2.05, 4.69) is 34.3 Å². The third-order valence-electron chi connectivity index (χ3n) is 4.68. The minimum atomic E-state index is -0.327. The topological polar surface area (TPSA) is 64.7 Å². The summed E-state index contributed by atoms with van der Waals surface area (Å²) in [5, 5.41) is 5.82. The van der Waals surface area contributed by atoms with Crippen LogP contribution in [0.3, 0.4) is 0 Å². The SMILES string of the molecule is CCC(CC)NC(=O)CN1CCN(CC(=O)Nc2ccc(F)cc2)CC1. The molecule has 0 saturated carbocycles. The quantitative estimate of drug-likeness (QED) is 0.737. The Morgan fingerprint density at radius 1 is 0.962 bits per heavy atom. The molecule has 1 aliphatic rings. The molecule has 0 aliphatic carbocycles. The second kappa shape index (κ2) is 10.2. The maximum atomic E-state index is 12.9. The van der Waals surface area contributed by atoms with Crippen LogP contribution in [0.4, 0.5) is 10.1 Å². The third kappa shape index (κ3) is 6.72. The van der Waals surface area contributed by atoms with Gasteiger partial charge >= 0.3 is 0 Å². The lowest BCUT2D eigenvalue weighted by Crippen LogP contribution is -2.51. The Kier molecular flexibility index (Phi) is 8.00. The molecule has 26 heavy (non-hydrogen) atoms. The van der Waals surface area contributed by atoms with Crippen molar-refractivity contribution >= 4 is 17.5 Å². The van der Waals surface area contributed by atoms with Gasteiger partial charge in [0.1, 0.15) is 5.82 Å². The molecule has 1 heterocycles. The third-order valence-corrected chi connectivity index (χ3v) is 4.68. The van der Waals surface area contributed by atoms with Crippen molar-refractivity contribution in [1.29, 1.82) is 0 Å². The summed E-state index contributed by atoms with van der Waals surface area (Å²) < 4.78 is 12.9. The second-order valence-electron chi connectivity index (χ2n) is 6.69. The average Bonchev–Trinajstić information content (AvgIpc) is 2.63. The van der Waals surface area contributed by atoms with Crippen LogP contribution in [-0.2, 0) is 9.59 Å². The Hall–Kier alpha value is -1.99. The highest BCUT2D eigenvalue weighted by molar-refractivity contribution is 5.92. The maximum Gasteiger partial charge on any atom is 0.238 e. The molecule has 1 aromatic rings. The molecule has 144 valence electrons. The fourth-order valence-electron chi connectivity index (χ4n) is 3.01. The lowest BCUT2D eigenvalue weighted by Gasteiger charge is -2.34. The number of hydrogen-bond acceptors (Lipinski definition) is 4. The van der Waals surface area contributed by atoms with E-state index in [1.165, 1.54) is 12.1 Å². The van der Waals surface area contributed by atoms with Gasteiger partial charge in [-0.05, 0) is 37.1 Å². The molecule has 7 heteroatoms. The second-order valence-corrected chi connectivity index (χ2v) is 6.69. The van der Waals surface area contributed by atoms with Crippen molar-refractivity contribution in [3.05, 3.63) is 30.1 Å². The van der Waals surface area contributed by atoms with Crippen molar-refractivity contribution in [3.63, 3.8) is 0 Å². The van der Waals surface area contributed by atoms with Gasteiger partial charge in [0.05, 0.1) is 13.1 Å². The van der Waals surface area contributed by atoms with E-state index in [1.807, 2.05) is 0 Å². The van der Waals surface area contributed by atoms with Crippen LogP contribution in [0.25, 0.3) is 0 Å². The molecular formula is C19H29FN4O2. The number of rotatable bonds is 8. The van der Waals surface area contributed by atoms with E-state index in [1.54, 1.807) is 12.1 Å². The predicted octanol–water partition coefficient (Wildman–Crippen LogP) is 1.69. The van der Waals surface area contributed by atoms with Crippen LogP contribution in [0.5, 0.6) is 0 Å². The smallest absolute Gasteiger partial charge is 0.238 e. The van der Waals surface area contributed by atoms with E-state index >= 15 is 0 Å². The summed E-state index contributed by atoms with van der Waals surface area (Å²) in [5.41, 5.74) is 0.591. The Morgan fingerprint density at radius 2 is 1.46 bits per heavy atom. The molecule has 2 amide bonds. The number of carbonyl (C=O) groups is 2. The molecule has 0 bridgehead atoms. The number of piperazine rings is 1. The standard InChI is InChI=1S/C19H29FN4O2/c1-3-16(4-2)21-18(25)13-23-9-11-24(12-10-23)14-19(26)22-17-7-5-15(20)6-8-17/h5-8,16H,3-4,9-14H2,1-2H3,(H,21,25)(H,22,26). The van der Waals surface area contributed by atoms with Crippen LogP contribution in [0.1, 0.15) is 26.7 Å². The number of nitrogens with one attached hydrogen (secondary N) is 2. The number of carbonyl (C=O) groups excluding carboxylic acids is 2. The molecule has 1 aliphatic heterocycles. The van der Waals surface area contributed by atoms with Gasteiger partial charge in [-0.25, -0.2) is 4.39 Å². The molecule has 0 spiro atoms. The highest BCUT2D eigenvalue weighted by Gasteiger charge is 2.21. The Morgan fingerprint density at radius 3 is 1.96 bits per heavy atom. The molecule has 0 aromatic heterocycles. The molecule has 0 radical (unpaired) electrons. The molecular weight excluding hydrogens is 335 g/mol. The zero-order valence-electron chi connectivity index (χ0n) is 15.6. The molecule has 0 atom stereocenters. The summed E-state index contributed by atoms with van der Waals surface area (Å²) in [4.78, 5) is 28.3. The Labute approximate surface area is 154 Å². The van der Waals surface area contributed by atoms with Crippen molar-refractivity contribution in [1.82, 2.24) is 15.1 Å². The first-order valence-corrected chi connectivity index (χ1v) is 9.29. The van der Waals surface area contributed by atoms with Crippen LogP contribution in [-0.4, -0.2) is 66.9 Å². The molecule has 2 rings (SSSR count). The first-order valence-electron chi connectivity index (χ1n) is 9.29. The highest BCUT2D eigenvalue weighted by Crippen LogP contribution is 2.09. The van der Waals surface area contributed by atoms with Gasteiger partial charge in [-0.1, -0.05) is 13.8 Å². The lowest BCUT2D eigenvalue weighted by atomic mass is 10.2. The largest absolute Gasteiger partial charge is 0.352 e. The van der Waals surface area contributed by atoms with Gasteiger partial charge in [0.15, 0.2) is 0 Å². The van der Waals surface area contributed by atoms with Gasteiger partial charge in [0, 0.05) is 37.9 Å². The summed E-state index contributed by atoms with van der Waals surface area (Å²) in [6, 6.07) is 5.98. The number of halogens is 1. The minimum absolute atomic E-state index is 0.0706. The van der Waals surface area contributed by atoms with Crippen molar-refractivity contribution in [2.24, 2.45) is 0 Å². The van der Waals surface area contributed by atoms with Crippen LogP contribution in [0.15, 0.2) is 24.3 Å². The van der Waals surface area contributed by atoms with Gasteiger partial charge in [-0.3, -0.25) is 19.4 Å². The van der Waals surface area contributed by atoms with E-state index in [0.717, 1.165) is 39.0 Å². The number of amides is 2. The fourth-order valence-corrected chi connectivity index (χ4v) is 3.01. The van der Waals surface area contributed by atoms with Gasteiger partial charge in [-0.15, -0.1) is 0 Å². The Bertz CT molecular complexity index is 582. The van der Waals surface area contributed by atoms with E-state index in [-0.39, 0.29) is 23.7 Å². The summed E-state index contributed by atoms with van der Waals surface area (Å²) in [5.74, 6) is -0.370. The summed E-state index contributed by atoms with van der Waals surface area (Å²) in [6.45, 7) is 7.87. The number of anilines is 1. The zero-order valence-corrected chi connectivity index (χ0v) is 15.6. The zero-order chi connectivity index (χ0) is 18.9. The molecule has 2 N–H and O–H groups in total. The summed E-state index contributed by atoms with van der Waals surface area (Å²) in [6.07, 6.45) is 1.89. The summed E-state index contributed by atoms with van der Waals surface area (Å²) >= 11 is 0. The van der Waals surface area contributed by atoms with Crippen molar-refractivity contribution < 1.29 is 14.0 Å². The van der Waals surface area contributed by atoms with Crippen LogP contribution < -0.4 is 10.6 Å². The van der Waals surface area contributed by atoms with E-state index in [0.29, 0.717) is 18.8 Å². The van der Waals surface area contributed by atoms with E-state index < -0.39 is 0 Å². The van der Waals surface area contributed by atoms with Crippen molar-refractivity contribution in [3.8, 4) is 0 Å². The predicted molar refractivity (Wildman–Crippen MR) is 100 cm³/mol. The first kappa shape index (κ1) is 20.3. The van der Waals surface area contributed by atoms with E-state index in [9.17, 15) is 14.0 Å². The van der Waals surface area contributed by atoms with Crippen LogP contribution in [0.2, 0.25) is 0 Å². The molecule has 1 aromatic carbocycles. The molecule has 0 unspecified atom stereocenters.